The summed E-state index contributed by atoms with van der Waals surface area (Å²) in [5.74, 6) is 0. The number of rotatable bonds is 5. The monoisotopic (exact) mass is 252 g/mol. The summed E-state index contributed by atoms with van der Waals surface area (Å²) in [7, 11) is 0. The topological polar surface area (TPSA) is 24.7 Å². The normalized spacial score (nSPS) is 12.9. The Bertz CT molecular complexity index is 546. The van der Waals surface area contributed by atoms with Crippen molar-refractivity contribution in [2.45, 2.75) is 20.8 Å². The lowest BCUT2D eigenvalue weighted by Gasteiger charge is -2.04. The Labute approximate surface area is 115 Å². The second-order valence-corrected chi connectivity index (χ2v) is 4.07. The van der Waals surface area contributed by atoms with Gasteiger partial charge in [0.05, 0.1) is 11.4 Å². The van der Waals surface area contributed by atoms with Gasteiger partial charge in [-0.1, -0.05) is 55.1 Å². The molecule has 0 radical (unpaired) electrons. The van der Waals surface area contributed by atoms with E-state index < -0.39 is 0 Å². The van der Waals surface area contributed by atoms with Crippen LogP contribution < -0.4 is 0 Å². The number of azo groups is 1. The van der Waals surface area contributed by atoms with Gasteiger partial charge in [0, 0.05) is 5.56 Å². The maximum atomic E-state index is 4.26. The predicted molar refractivity (Wildman–Crippen MR) is 82.8 cm³/mol. The Morgan fingerprint density at radius 3 is 2.47 bits per heavy atom. The molecule has 19 heavy (non-hydrogen) atoms. The van der Waals surface area contributed by atoms with Crippen LogP contribution >= 0.6 is 0 Å². The molecule has 2 heteroatoms. The van der Waals surface area contributed by atoms with Gasteiger partial charge >= 0.3 is 0 Å². The maximum absolute atomic E-state index is 4.26. The molecule has 0 amide bonds. The fourth-order valence-corrected chi connectivity index (χ4v) is 1.56. The first kappa shape index (κ1) is 14.8. The third kappa shape index (κ3) is 4.88. The summed E-state index contributed by atoms with van der Waals surface area (Å²) < 4.78 is 0. The zero-order valence-electron chi connectivity index (χ0n) is 11.8. The number of allylic oxidation sites excluding steroid dienone is 5. The molecule has 1 aromatic carbocycles. The molecular weight excluding hydrogens is 232 g/mol. The molecule has 0 N–H and O–H groups in total. The fraction of sp³-hybridized carbons (Fsp3) is 0.176. The third-order valence-corrected chi connectivity index (χ3v) is 2.57. The van der Waals surface area contributed by atoms with E-state index in [2.05, 4.69) is 29.8 Å². The van der Waals surface area contributed by atoms with E-state index in [1.807, 2.05) is 62.4 Å². The van der Waals surface area contributed by atoms with Crippen molar-refractivity contribution >= 4 is 5.70 Å². The van der Waals surface area contributed by atoms with Gasteiger partial charge < -0.3 is 0 Å². The Morgan fingerprint density at radius 2 is 1.84 bits per heavy atom. The van der Waals surface area contributed by atoms with Crippen molar-refractivity contribution in [3.63, 3.8) is 0 Å². The van der Waals surface area contributed by atoms with Gasteiger partial charge in [-0.3, -0.25) is 0 Å². The fourth-order valence-electron chi connectivity index (χ4n) is 1.56. The Morgan fingerprint density at radius 1 is 1.11 bits per heavy atom. The molecule has 0 atom stereocenters. The lowest BCUT2D eigenvalue weighted by Crippen LogP contribution is -1.85. The van der Waals surface area contributed by atoms with Gasteiger partial charge in [0.2, 0.25) is 0 Å². The van der Waals surface area contributed by atoms with Crippen molar-refractivity contribution in [2.75, 3.05) is 0 Å². The zero-order chi connectivity index (χ0) is 14.1. The Hall–Kier alpha value is -2.22. The summed E-state index contributed by atoms with van der Waals surface area (Å²) >= 11 is 0. The van der Waals surface area contributed by atoms with Gasteiger partial charge in [-0.15, -0.1) is 0 Å². The van der Waals surface area contributed by atoms with E-state index >= 15 is 0 Å². The summed E-state index contributed by atoms with van der Waals surface area (Å²) in [6.07, 6.45) is 9.55. The predicted octanol–water partition coefficient (Wildman–Crippen LogP) is 5.45. The van der Waals surface area contributed by atoms with Gasteiger partial charge in [0.1, 0.15) is 0 Å². The minimum atomic E-state index is 0.631. The van der Waals surface area contributed by atoms with E-state index in [1.54, 1.807) is 0 Å². The summed E-state index contributed by atoms with van der Waals surface area (Å²) in [5.41, 5.74) is 3.77. The van der Waals surface area contributed by atoms with E-state index in [4.69, 9.17) is 0 Å². The maximum Gasteiger partial charge on any atom is 0.0889 e. The van der Waals surface area contributed by atoms with Gasteiger partial charge in [0.15, 0.2) is 0 Å². The van der Waals surface area contributed by atoms with Crippen LogP contribution in [0.25, 0.3) is 5.70 Å². The lowest BCUT2D eigenvalue weighted by atomic mass is 10.1. The number of nitrogens with zero attached hydrogens (tertiary/aromatic N) is 2. The van der Waals surface area contributed by atoms with Crippen LogP contribution in [-0.2, 0) is 0 Å². The third-order valence-electron chi connectivity index (χ3n) is 2.57. The van der Waals surface area contributed by atoms with E-state index in [0.717, 1.165) is 11.3 Å². The van der Waals surface area contributed by atoms with Gasteiger partial charge in [-0.25, -0.2) is 0 Å². The second kappa shape index (κ2) is 7.98. The Balaban J connectivity index is 2.85. The molecule has 0 aliphatic carbocycles. The average Bonchev–Trinajstić information content (AvgIpc) is 2.41. The second-order valence-electron chi connectivity index (χ2n) is 4.07. The average molecular weight is 252 g/mol. The van der Waals surface area contributed by atoms with Gasteiger partial charge in [-0.2, -0.15) is 10.2 Å². The van der Waals surface area contributed by atoms with Crippen LogP contribution in [0.4, 0.5) is 0 Å². The molecular formula is C17H20N2. The molecule has 0 bridgehead atoms. The van der Waals surface area contributed by atoms with Crippen molar-refractivity contribution in [3.05, 3.63) is 78.0 Å². The summed E-state index contributed by atoms with van der Waals surface area (Å²) in [5, 5.41) is 8.39. The molecule has 1 rings (SSSR count). The first-order valence-electron chi connectivity index (χ1n) is 6.31. The quantitative estimate of drug-likeness (QED) is 0.491. The molecule has 0 saturated carbocycles. The molecule has 1 aromatic rings. The minimum absolute atomic E-state index is 0.631. The lowest BCUT2D eigenvalue weighted by molar-refractivity contribution is 1.17. The van der Waals surface area contributed by atoms with Crippen LogP contribution in [-0.4, -0.2) is 0 Å². The number of benzene rings is 1. The van der Waals surface area contributed by atoms with Crippen LogP contribution in [0.15, 0.2) is 77.2 Å². The summed E-state index contributed by atoms with van der Waals surface area (Å²) in [4.78, 5) is 0. The molecule has 0 fully saturated rings. The molecule has 0 unspecified atom stereocenters. The molecule has 98 valence electrons. The van der Waals surface area contributed by atoms with Crippen molar-refractivity contribution in [3.8, 4) is 0 Å². The molecule has 2 nitrogen and oxygen atoms in total. The number of hydrogen-bond donors (Lipinski definition) is 0. The molecule has 0 spiro atoms. The molecule has 0 saturated heterocycles. The number of aryl methyl sites for hydroxylation is 1. The summed E-state index contributed by atoms with van der Waals surface area (Å²) in [6.45, 7) is 9.83. The van der Waals surface area contributed by atoms with Crippen molar-refractivity contribution in [1.82, 2.24) is 0 Å². The highest BCUT2D eigenvalue weighted by Gasteiger charge is 2.01. The van der Waals surface area contributed by atoms with Crippen molar-refractivity contribution in [1.29, 1.82) is 0 Å². The molecule has 0 aliphatic heterocycles. The highest BCUT2D eigenvalue weighted by atomic mass is 15.1. The Kier molecular flexibility index (Phi) is 6.23. The molecule has 0 aliphatic rings. The van der Waals surface area contributed by atoms with E-state index in [0.29, 0.717) is 5.70 Å². The smallest absolute Gasteiger partial charge is 0.0889 e. The highest BCUT2D eigenvalue weighted by Crippen LogP contribution is 2.20. The largest absolute Gasteiger partial charge is 0.151 e. The van der Waals surface area contributed by atoms with Crippen molar-refractivity contribution < 1.29 is 0 Å². The minimum Gasteiger partial charge on any atom is -0.151 e. The van der Waals surface area contributed by atoms with Crippen LogP contribution in [0.2, 0.25) is 0 Å². The van der Waals surface area contributed by atoms with Gasteiger partial charge in [-0.05, 0) is 32.4 Å². The standard InChI is InChI=1S/C17H20N2/c1-5-7-8-12-15(4)18-19-17(6-2)16-13-10-9-11-14(16)3/h5-13H,4H2,1-3H3/b7-5-,12-8-,17-6+,19-18?. The van der Waals surface area contributed by atoms with Crippen LogP contribution in [0.3, 0.4) is 0 Å². The van der Waals surface area contributed by atoms with Crippen LogP contribution in [0, 0.1) is 6.92 Å². The van der Waals surface area contributed by atoms with Crippen LogP contribution in [0.1, 0.15) is 25.0 Å². The highest BCUT2D eigenvalue weighted by molar-refractivity contribution is 5.66. The molecule has 0 heterocycles. The van der Waals surface area contributed by atoms with E-state index in [9.17, 15) is 0 Å². The van der Waals surface area contributed by atoms with Crippen molar-refractivity contribution in [2.24, 2.45) is 10.2 Å². The van der Waals surface area contributed by atoms with E-state index in [-0.39, 0.29) is 0 Å². The van der Waals surface area contributed by atoms with Crippen LogP contribution in [0.5, 0.6) is 0 Å². The SMILES string of the molecule is C=C(/C=C\C=C/C)N=N/C(=C/C)c1ccccc1C. The van der Waals surface area contributed by atoms with Gasteiger partial charge in [0.25, 0.3) is 0 Å². The molecule has 0 aromatic heterocycles. The van der Waals surface area contributed by atoms with E-state index in [1.165, 1.54) is 5.56 Å². The zero-order valence-corrected chi connectivity index (χ0v) is 11.8. The first-order chi connectivity index (χ1) is 9.19. The summed E-state index contributed by atoms with van der Waals surface area (Å²) in [6, 6.07) is 8.13. The number of hydrogen-bond acceptors (Lipinski definition) is 2. The first-order valence-corrected chi connectivity index (χ1v) is 6.31.